The Hall–Kier alpha value is -3.32. The van der Waals surface area contributed by atoms with Gasteiger partial charge in [-0.1, -0.05) is 50.2 Å². The molecule has 2 aromatic carbocycles. The lowest BCUT2D eigenvalue weighted by molar-refractivity contribution is -0.140. The Kier molecular flexibility index (Phi) is 7.76. The average Bonchev–Trinajstić information content (AvgIpc) is 3.46. The van der Waals surface area contributed by atoms with E-state index in [0.717, 1.165) is 19.3 Å². The quantitative estimate of drug-likeness (QED) is 0.318. The van der Waals surface area contributed by atoms with Gasteiger partial charge < -0.3 is 24.2 Å². The number of ketones is 1. The molecule has 0 saturated carbocycles. The third-order valence-electron chi connectivity index (χ3n) is 6.47. The molecule has 2 aliphatic rings. The summed E-state index contributed by atoms with van der Waals surface area (Å²) in [6.07, 6.45) is 2.50. The number of carbonyl (C=O) groups is 2. The fourth-order valence-corrected chi connectivity index (χ4v) is 4.55. The molecular weight excluding hydrogens is 446 g/mol. The molecule has 0 radical (unpaired) electrons. The highest BCUT2D eigenvalue weighted by Gasteiger charge is 2.47. The lowest BCUT2D eigenvalue weighted by atomic mass is 9.95. The Labute approximate surface area is 206 Å². The standard InChI is InChI=1S/C28H33NO6/c1-18(2)13-15-35-22-12-11-20(16-23(22)33-3)25-24(26(30)19-8-5-4-6-9-19)27(31)28(32)29(25)17-21-10-7-14-34-21/h4-6,8-9,11-12,16,18,21,25,30H,7,10,13-15,17H2,1-3H3. The van der Waals surface area contributed by atoms with Crippen LogP contribution in [0.4, 0.5) is 0 Å². The summed E-state index contributed by atoms with van der Waals surface area (Å²) < 4.78 is 17.3. The van der Waals surface area contributed by atoms with Crippen LogP contribution in [0.2, 0.25) is 0 Å². The largest absolute Gasteiger partial charge is 0.507 e. The van der Waals surface area contributed by atoms with E-state index in [9.17, 15) is 14.7 Å². The van der Waals surface area contributed by atoms with Gasteiger partial charge in [-0.05, 0) is 42.9 Å². The monoisotopic (exact) mass is 479 g/mol. The van der Waals surface area contributed by atoms with E-state index in [1.165, 1.54) is 4.90 Å². The number of nitrogens with zero attached hydrogens (tertiary/aromatic N) is 1. The minimum Gasteiger partial charge on any atom is -0.507 e. The number of likely N-dealkylation sites (tertiary alicyclic amines) is 1. The summed E-state index contributed by atoms with van der Waals surface area (Å²) >= 11 is 0. The molecule has 2 unspecified atom stereocenters. The van der Waals surface area contributed by atoms with Crippen LogP contribution in [-0.2, 0) is 14.3 Å². The first-order valence-corrected chi connectivity index (χ1v) is 12.2. The van der Waals surface area contributed by atoms with Crippen LogP contribution in [0, 0.1) is 5.92 Å². The average molecular weight is 480 g/mol. The fourth-order valence-electron chi connectivity index (χ4n) is 4.55. The zero-order valence-corrected chi connectivity index (χ0v) is 20.5. The van der Waals surface area contributed by atoms with Crippen LogP contribution in [0.15, 0.2) is 54.1 Å². The maximum atomic E-state index is 13.2. The second-order valence-electron chi connectivity index (χ2n) is 9.39. The smallest absolute Gasteiger partial charge is 0.295 e. The van der Waals surface area contributed by atoms with Gasteiger partial charge in [0.2, 0.25) is 0 Å². The van der Waals surface area contributed by atoms with Crippen molar-refractivity contribution in [3.05, 3.63) is 65.2 Å². The fraction of sp³-hybridized carbons (Fsp3) is 0.429. The van der Waals surface area contributed by atoms with Gasteiger partial charge in [0, 0.05) is 18.7 Å². The minimum absolute atomic E-state index is 0.0646. The Morgan fingerprint density at radius 2 is 1.91 bits per heavy atom. The summed E-state index contributed by atoms with van der Waals surface area (Å²) in [5.74, 6) is 0.0744. The molecule has 2 heterocycles. The number of benzene rings is 2. The summed E-state index contributed by atoms with van der Waals surface area (Å²) in [5, 5.41) is 11.2. The summed E-state index contributed by atoms with van der Waals surface area (Å²) in [7, 11) is 1.56. The van der Waals surface area contributed by atoms with Crippen LogP contribution in [0.25, 0.3) is 5.76 Å². The molecule has 4 rings (SSSR count). The molecule has 2 fully saturated rings. The normalized spacial score (nSPS) is 21.7. The number of hydrogen-bond donors (Lipinski definition) is 1. The van der Waals surface area contributed by atoms with Gasteiger partial charge in [-0.3, -0.25) is 9.59 Å². The molecule has 7 nitrogen and oxygen atoms in total. The first-order valence-electron chi connectivity index (χ1n) is 12.2. The van der Waals surface area contributed by atoms with E-state index in [4.69, 9.17) is 14.2 Å². The summed E-state index contributed by atoms with van der Waals surface area (Å²) in [5.41, 5.74) is 1.20. The number of ether oxygens (including phenoxy) is 3. The number of rotatable bonds is 9. The van der Waals surface area contributed by atoms with Crippen molar-refractivity contribution in [3.63, 3.8) is 0 Å². The molecule has 186 valence electrons. The van der Waals surface area contributed by atoms with E-state index < -0.39 is 17.7 Å². The van der Waals surface area contributed by atoms with Crippen molar-refractivity contribution in [2.24, 2.45) is 5.92 Å². The van der Waals surface area contributed by atoms with Crippen molar-refractivity contribution < 1.29 is 28.9 Å². The number of aliphatic hydroxyl groups excluding tert-OH is 1. The van der Waals surface area contributed by atoms with Crippen molar-refractivity contribution in [1.29, 1.82) is 0 Å². The molecule has 0 spiro atoms. The number of methoxy groups -OCH3 is 1. The third-order valence-corrected chi connectivity index (χ3v) is 6.47. The van der Waals surface area contributed by atoms with Crippen LogP contribution >= 0.6 is 0 Å². The molecular formula is C28H33NO6. The molecule has 2 atom stereocenters. The summed E-state index contributed by atoms with van der Waals surface area (Å²) in [4.78, 5) is 27.9. The summed E-state index contributed by atoms with van der Waals surface area (Å²) in [6.45, 7) is 5.73. The Morgan fingerprint density at radius 3 is 2.57 bits per heavy atom. The predicted octanol–water partition coefficient (Wildman–Crippen LogP) is 4.72. The number of carbonyl (C=O) groups excluding carboxylic acids is 2. The second-order valence-corrected chi connectivity index (χ2v) is 9.39. The van der Waals surface area contributed by atoms with Gasteiger partial charge >= 0.3 is 0 Å². The molecule has 0 aromatic heterocycles. The SMILES string of the molecule is COc1cc(C2C(=C(O)c3ccccc3)C(=O)C(=O)N2CC2CCCO2)ccc1OCCC(C)C. The maximum Gasteiger partial charge on any atom is 0.295 e. The van der Waals surface area contributed by atoms with Gasteiger partial charge in [0.05, 0.1) is 31.4 Å². The number of amides is 1. The molecule has 2 aromatic rings. The molecule has 1 N–H and O–H groups in total. The van der Waals surface area contributed by atoms with Crippen molar-refractivity contribution in [2.45, 2.75) is 45.3 Å². The van der Waals surface area contributed by atoms with Gasteiger partial charge in [0.15, 0.2) is 11.5 Å². The van der Waals surface area contributed by atoms with E-state index in [1.54, 1.807) is 43.5 Å². The first kappa shape index (κ1) is 24.8. The highest BCUT2D eigenvalue weighted by molar-refractivity contribution is 6.46. The van der Waals surface area contributed by atoms with Crippen LogP contribution in [0.5, 0.6) is 11.5 Å². The van der Waals surface area contributed by atoms with Crippen molar-refractivity contribution >= 4 is 17.4 Å². The van der Waals surface area contributed by atoms with Gasteiger partial charge in [-0.2, -0.15) is 0 Å². The molecule has 35 heavy (non-hydrogen) atoms. The predicted molar refractivity (Wildman–Crippen MR) is 132 cm³/mol. The molecule has 1 amide bonds. The highest BCUT2D eigenvalue weighted by atomic mass is 16.5. The number of aliphatic hydroxyl groups is 1. The molecule has 0 bridgehead atoms. The van der Waals surface area contributed by atoms with Crippen molar-refractivity contribution in [3.8, 4) is 11.5 Å². The number of hydrogen-bond acceptors (Lipinski definition) is 6. The topological polar surface area (TPSA) is 85.3 Å². The second kappa shape index (κ2) is 11.0. The van der Waals surface area contributed by atoms with Crippen LogP contribution in [0.1, 0.15) is 50.3 Å². The Balaban J connectivity index is 1.75. The van der Waals surface area contributed by atoms with Gasteiger partial charge in [-0.25, -0.2) is 0 Å². The van der Waals surface area contributed by atoms with Gasteiger partial charge in [0.25, 0.3) is 11.7 Å². The zero-order valence-electron chi connectivity index (χ0n) is 20.5. The van der Waals surface area contributed by atoms with Crippen molar-refractivity contribution in [1.82, 2.24) is 4.90 Å². The molecule has 0 aliphatic carbocycles. The van der Waals surface area contributed by atoms with E-state index >= 15 is 0 Å². The van der Waals surface area contributed by atoms with Gasteiger partial charge in [0.1, 0.15) is 5.76 Å². The molecule has 2 aliphatic heterocycles. The van der Waals surface area contributed by atoms with Crippen molar-refractivity contribution in [2.75, 3.05) is 26.9 Å². The van der Waals surface area contributed by atoms with Crippen LogP contribution in [-0.4, -0.2) is 54.7 Å². The van der Waals surface area contributed by atoms with Crippen LogP contribution < -0.4 is 9.47 Å². The number of Topliss-reactive ketones (excluding diaryl/α,β-unsaturated/α-hetero) is 1. The highest BCUT2D eigenvalue weighted by Crippen LogP contribution is 2.42. The lowest BCUT2D eigenvalue weighted by Crippen LogP contribution is -2.36. The zero-order chi connectivity index (χ0) is 24.9. The first-order chi connectivity index (χ1) is 16.9. The van der Waals surface area contributed by atoms with Crippen LogP contribution in [0.3, 0.4) is 0 Å². The minimum atomic E-state index is -0.766. The van der Waals surface area contributed by atoms with E-state index in [-0.39, 0.29) is 24.0 Å². The Bertz CT molecular complexity index is 1090. The van der Waals surface area contributed by atoms with E-state index in [1.807, 2.05) is 12.1 Å². The lowest BCUT2D eigenvalue weighted by Gasteiger charge is -2.28. The molecule has 2 saturated heterocycles. The van der Waals surface area contributed by atoms with E-state index in [2.05, 4.69) is 13.8 Å². The Morgan fingerprint density at radius 1 is 1.14 bits per heavy atom. The van der Waals surface area contributed by atoms with E-state index in [0.29, 0.717) is 41.8 Å². The molecule has 7 heteroatoms. The summed E-state index contributed by atoms with van der Waals surface area (Å²) in [6, 6.07) is 13.4. The van der Waals surface area contributed by atoms with Gasteiger partial charge in [-0.15, -0.1) is 0 Å². The maximum absolute atomic E-state index is 13.2. The third kappa shape index (κ3) is 5.35.